The third kappa shape index (κ3) is 4.51. The molecule has 0 saturated carbocycles. The number of ether oxygens (including phenoxy) is 1. The van der Waals surface area contributed by atoms with Gasteiger partial charge in [0.25, 0.3) is 5.91 Å². The Balaban J connectivity index is 1.44. The quantitative estimate of drug-likeness (QED) is 0.883. The number of likely N-dealkylation sites (tertiary alicyclic amines) is 1. The highest BCUT2D eigenvalue weighted by atomic mass is 16.5. The van der Waals surface area contributed by atoms with Gasteiger partial charge in [0, 0.05) is 43.6 Å². The highest BCUT2D eigenvalue weighted by Crippen LogP contribution is 2.19. The second-order valence-electron chi connectivity index (χ2n) is 7.61. The van der Waals surface area contributed by atoms with Crippen LogP contribution in [0.5, 0.6) is 0 Å². The normalized spacial score (nSPS) is 20.9. The number of aromatic nitrogens is 1. The number of hydrogen-bond acceptors (Lipinski definition) is 4. The molecule has 2 aliphatic rings. The van der Waals surface area contributed by atoms with E-state index in [4.69, 9.17) is 4.74 Å². The minimum atomic E-state index is -0.133. The van der Waals surface area contributed by atoms with Gasteiger partial charge in [-0.15, -0.1) is 0 Å². The van der Waals surface area contributed by atoms with Gasteiger partial charge in [-0.2, -0.15) is 0 Å². The summed E-state index contributed by atoms with van der Waals surface area (Å²) in [6, 6.07) is 12.5. The van der Waals surface area contributed by atoms with Gasteiger partial charge in [0.2, 0.25) is 5.56 Å². The Bertz CT molecular complexity index is 856. The van der Waals surface area contributed by atoms with Crippen molar-refractivity contribution in [3.8, 4) is 11.3 Å². The first-order valence-electron chi connectivity index (χ1n) is 10.1. The first-order chi connectivity index (χ1) is 13.7. The van der Waals surface area contributed by atoms with Gasteiger partial charge in [0.1, 0.15) is 0 Å². The van der Waals surface area contributed by atoms with Crippen molar-refractivity contribution in [1.82, 2.24) is 14.8 Å². The SMILES string of the molecule is O=C(c1ccc(-c2cccc(=O)[nH]2)cc1)N1CCCO[C@H](CN2CCCC2)C1. The first-order valence-corrected chi connectivity index (χ1v) is 10.1. The number of carbonyl (C=O) groups is 1. The molecule has 1 aromatic heterocycles. The molecule has 1 amide bonds. The van der Waals surface area contributed by atoms with Gasteiger partial charge in [-0.1, -0.05) is 18.2 Å². The van der Waals surface area contributed by atoms with Gasteiger partial charge in [-0.3, -0.25) is 9.59 Å². The molecule has 2 saturated heterocycles. The molecule has 1 N–H and O–H groups in total. The van der Waals surface area contributed by atoms with Crippen LogP contribution < -0.4 is 5.56 Å². The number of pyridine rings is 1. The summed E-state index contributed by atoms with van der Waals surface area (Å²) >= 11 is 0. The van der Waals surface area contributed by atoms with Crippen LogP contribution in [0, 0.1) is 0 Å². The fourth-order valence-corrected chi connectivity index (χ4v) is 4.03. The molecule has 0 radical (unpaired) electrons. The Morgan fingerprint density at radius 3 is 2.57 bits per heavy atom. The van der Waals surface area contributed by atoms with E-state index in [2.05, 4.69) is 9.88 Å². The fourth-order valence-electron chi connectivity index (χ4n) is 4.03. The van der Waals surface area contributed by atoms with Crippen LogP contribution in [-0.4, -0.2) is 66.1 Å². The Morgan fingerprint density at radius 1 is 1.04 bits per heavy atom. The number of amides is 1. The second-order valence-corrected chi connectivity index (χ2v) is 7.61. The summed E-state index contributed by atoms with van der Waals surface area (Å²) in [6.07, 6.45) is 3.46. The van der Waals surface area contributed by atoms with Crippen LogP contribution >= 0.6 is 0 Å². The molecule has 0 unspecified atom stereocenters. The lowest BCUT2D eigenvalue weighted by atomic mass is 10.1. The van der Waals surface area contributed by atoms with Gasteiger partial charge in [-0.25, -0.2) is 0 Å². The van der Waals surface area contributed by atoms with E-state index in [1.165, 1.54) is 18.9 Å². The molecule has 1 aromatic carbocycles. The Labute approximate surface area is 165 Å². The number of hydrogen-bond donors (Lipinski definition) is 1. The molecule has 4 rings (SSSR count). The van der Waals surface area contributed by atoms with Crippen molar-refractivity contribution >= 4 is 5.91 Å². The van der Waals surface area contributed by atoms with Gasteiger partial charge < -0.3 is 19.5 Å². The van der Waals surface area contributed by atoms with Crippen molar-refractivity contribution in [2.45, 2.75) is 25.4 Å². The fraction of sp³-hybridized carbons (Fsp3) is 0.455. The topological polar surface area (TPSA) is 65.6 Å². The maximum absolute atomic E-state index is 13.0. The standard InChI is InChI=1S/C22H27N3O3/c26-21-6-3-5-20(23-21)17-7-9-18(10-8-17)22(27)25-13-4-14-28-19(16-25)15-24-11-1-2-12-24/h3,5-10,19H,1-2,4,11-16H2,(H,23,26)/t19-/m1/s1. The number of aromatic amines is 1. The maximum atomic E-state index is 13.0. The highest BCUT2D eigenvalue weighted by molar-refractivity contribution is 5.94. The molecule has 28 heavy (non-hydrogen) atoms. The third-order valence-corrected chi connectivity index (χ3v) is 5.51. The average Bonchev–Trinajstić information content (AvgIpc) is 3.11. The lowest BCUT2D eigenvalue weighted by molar-refractivity contribution is 0.0297. The highest BCUT2D eigenvalue weighted by Gasteiger charge is 2.26. The van der Waals surface area contributed by atoms with Crippen LogP contribution in [0.1, 0.15) is 29.6 Å². The van der Waals surface area contributed by atoms with Crippen molar-refractivity contribution in [2.24, 2.45) is 0 Å². The van der Waals surface area contributed by atoms with Crippen LogP contribution in [0.25, 0.3) is 11.3 Å². The smallest absolute Gasteiger partial charge is 0.253 e. The second kappa shape index (κ2) is 8.71. The molecule has 3 heterocycles. The molecular formula is C22H27N3O3. The molecule has 0 bridgehead atoms. The number of nitrogens with one attached hydrogen (secondary N) is 1. The number of benzene rings is 1. The van der Waals surface area contributed by atoms with Gasteiger partial charge >= 0.3 is 0 Å². The maximum Gasteiger partial charge on any atom is 0.253 e. The molecule has 2 aromatic rings. The van der Waals surface area contributed by atoms with E-state index in [1.54, 1.807) is 6.07 Å². The summed E-state index contributed by atoms with van der Waals surface area (Å²) in [5.74, 6) is 0.0463. The van der Waals surface area contributed by atoms with Gasteiger partial charge in [0.05, 0.1) is 6.10 Å². The molecular weight excluding hydrogens is 354 g/mol. The predicted octanol–water partition coefficient (Wildman–Crippen LogP) is 2.37. The molecule has 6 nitrogen and oxygen atoms in total. The van der Waals surface area contributed by atoms with E-state index in [1.807, 2.05) is 35.2 Å². The summed E-state index contributed by atoms with van der Waals surface area (Å²) in [6.45, 7) is 5.26. The monoisotopic (exact) mass is 381 g/mol. The minimum Gasteiger partial charge on any atom is -0.375 e. The first kappa shape index (κ1) is 18.9. The Morgan fingerprint density at radius 2 is 1.82 bits per heavy atom. The zero-order valence-corrected chi connectivity index (χ0v) is 16.1. The predicted molar refractivity (Wildman–Crippen MR) is 108 cm³/mol. The number of carbonyl (C=O) groups excluding carboxylic acids is 1. The van der Waals surface area contributed by atoms with Crippen LogP contribution in [-0.2, 0) is 4.74 Å². The lowest BCUT2D eigenvalue weighted by Gasteiger charge is -2.27. The summed E-state index contributed by atoms with van der Waals surface area (Å²) in [4.78, 5) is 31.7. The van der Waals surface area contributed by atoms with E-state index in [-0.39, 0.29) is 17.6 Å². The zero-order chi connectivity index (χ0) is 19.3. The van der Waals surface area contributed by atoms with Crippen molar-refractivity contribution < 1.29 is 9.53 Å². The summed E-state index contributed by atoms with van der Waals surface area (Å²) in [5.41, 5.74) is 2.18. The Hall–Kier alpha value is -2.44. The number of rotatable bonds is 4. The van der Waals surface area contributed by atoms with Crippen LogP contribution in [0.3, 0.4) is 0 Å². The largest absolute Gasteiger partial charge is 0.375 e. The van der Waals surface area contributed by atoms with Crippen molar-refractivity contribution in [1.29, 1.82) is 0 Å². The summed E-state index contributed by atoms with van der Waals surface area (Å²) in [7, 11) is 0. The molecule has 2 aliphatic heterocycles. The van der Waals surface area contributed by atoms with Crippen molar-refractivity contribution in [3.63, 3.8) is 0 Å². The molecule has 2 fully saturated rings. The van der Waals surface area contributed by atoms with Crippen LogP contribution in [0.2, 0.25) is 0 Å². The minimum absolute atomic E-state index is 0.0463. The third-order valence-electron chi connectivity index (χ3n) is 5.51. The zero-order valence-electron chi connectivity index (χ0n) is 16.1. The number of H-pyrrole nitrogens is 1. The van der Waals surface area contributed by atoms with E-state index < -0.39 is 0 Å². The molecule has 0 aliphatic carbocycles. The van der Waals surface area contributed by atoms with E-state index in [9.17, 15) is 9.59 Å². The van der Waals surface area contributed by atoms with Crippen LogP contribution in [0.15, 0.2) is 47.3 Å². The van der Waals surface area contributed by atoms with Gasteiger partial charge in [-0.05, 0) is 56.1 Å². The summed E-state index contributed by atoms with van der Waals surface area (Å²) < 4.78 is 6.00. The van der Waals surface area contributed by atoms with E-state index in [0.717, 1.165) is 43.9 Å². The summed E-state index contributed by atoms with van der Waals surface area (Å²) in [5, 5.41) is 0. The van der Waals surface area contributed by atoms with Crippen LogP contribution in [0.4, 0.5) is 0 Å². The van der Waals surface area contributed by atoms with E-state index in [0.29, 0.717) is 18.7 Å². The lowest BCUT2D eigenvalue weighted by Crippen LogP contribution is -2.41. The Kier molecular flexibility index (Phi) is 5.88. The van der Waals surface area contributed by atoms with E-state index >= 15 is 0 Å². The molecule has 0 spiro atoms. The molecule has 1 atom stereocenters. The van der Waals surface area contributed by atoms with Crippen molar-refractivity contribution in [3.05, 3.63) is 58.4 Å². The van der Waals surface area contributed by atoms with Gasteiger partial charge in [0.15, 0.2) is 0 Å². The molecule has 6 heteroatoms. The number of nitrogens with zero attached hydrogens (tertiary/aromatic N) is 2. The molecule has 148 valence electrons. The van der Waals surface area contributed by atoms with Crippen molar-refractivity contribution in [2.75, 3.05) is 39.3 Å². The average molecular weight is 381 g/mol.